The van der Waals surface area contributed by atoms with Gasteiger partial charge in [0.1, 0.15) is 0 Å². The first kappa shape index (κ1) is 14.6. The van der Waals surface area contributed by atoms with Gasteiger partial charge in [0.15, 0.2) is 0 Å². The largest absolute Gasteiger partial charge is 0.327 e. The molecule has 0 aliphatic rings. The van der Waals surface area contributed by atoms with Crippen molar-refractivity contribution in [1.82, 2.24) is 4.90 Å². The van der Waals surface area contributed by atoms with Gasteiger partial charge < -0.3 is 5.73 Å². The van der Waals surface area contributed by atoms with Crippen LogP contribution in [0.4, 0.5) is 0 Å². The zero-order valence-corrected chi connectivity index (χ0v) is 11.7. The Labute approximate surface area is 110 Å². The Morgan fingerprint density at radius 2 is 2.00 bits per heavy atom. The SMILES string of the molecule is CCN(Cc1ccccc1)C[C@H](N)CCSC. The van der Waals surface area contributed by atoms with Crippen LogP contribution in [0.1, 0.15) is 18.9 Å². The number of thioether (sulfide) groups is 1. The van der Waals surface area contributed by atoms with E-state index in [1.54, 1.807) is 0 Å². The van der Waals surface area contributed by atoms with Gasteiger partial charge in [0.25, 0.3) is 0 Å². The Hall–Kier alpha value is -0.510. The predicted molar refractivity (Wildman–Crippen MR) is 78.4 cm³/mol. The summed E-state index contributed by atoms with van der Waals surface area (Å²) >= 11 is 1.87. The fourth-order valence-corrected chi connectivity index (χ4v) is 2.38. The first-order chi connectivity index (χ1) is 8.26. The minimum Gasteiger partial charge on any atom is -0.327 e. The molecule has 96 valence electrons. The average Bonchev–Trinajstić information content (AvgIpc) is 2.36. The molecule has 1 aromatic rings. The molecule has 1 atom stereocenters. The van der Waals surface area contributed by atoms with Gasteiger partial charge in [-0.1, -0.05) is 37.3 Å². The first-order valence-electron chi connectivity index (χ1n) is 6.27. The van der Waals surface area contributed by atoms with Gasteiger partial charge in [-0.05, 0) is 30.5 Å². The summed E-state index contributed by atoms with van der Waals surface area (Å²) in [4.78, 5) is 2.42. The molecule has 0 saturated carbocycles. The molecular formula is C14H24N2S. The van der Waals surface area contributed by atoms with Gasteiger partial charge >= 0.3 is 0 Å². The van der Waals surface area contributed by atoms with Gasteiger partial charge in [-0.25, -0.2) is 0 Å². The van der Waals surface area contributed by atoms with Crippen molar-refractivity contribution in [3.63, 3.8) is 0 Å². The standard InChI is InChI=1S/C14H24N2S/c1-3-16(12-14(15)9-10-17-2)11-13-7-5-4-6-8-13/h4-8,14H,3,9-12,15H2,1-2H3/t14-/m1/s1. The second kappa shape index (κ2) is 8.56. The zero-order valence-electron chi connectivity index (χ0n) is 10.9. The quantitative estimate of drug-likeness (QED) is 0.771. The number of benzene rings is 1. The molecule has 0 aromatic heterocycles. The molecule has 0 spiro atoms. The molecule has 0 bridgehead atoms. The second-order valence-corrected chi connectivity index (χ2v) is 5.34. The summed E-state index contributed by atoms with van der Waals surface area (Å²) in [6.45, 7) is 5.25. The molecule has 0 saturated heterocycles. The Balaban J connectivity index is 2.38. The topological polar surface area (TPSA) is 29.3 Å². The molecule has 0 amide bonds. The highest BCUT2D eigenvalue weighted by molar-refractivity contribution is 7.98. The molecule has 2 N–H and O–H groups in total. The fourth-order valence-electron chi connectivity index (χ4n) is 1.84. The van der Waals surface area contributed by atoms with E-state index in [0.29, 0.717) is 6.04 Å². The Morgan fingerprint density at radius 1 is 1.29 bits per heavy atom. The molecule has 0 unspecified atom stereocenters. The summed E-state index contributed by atoms with van der Waals surface area (Å²) in [5.41, 5.74) is 7.50. The Bertz CT molecular complexity index is 290. The molecule has 3 heteroatoms. The molecule has 0 aliphatic carbocycles. The van der Waals surface area contributed by atoms with Crippen LogP contribution in [0, 0.1) is 0 Å². The molecule has 1 aromatic carbocycles. The number of nitrogens with two attached hydrogens (primary N) is 1. The van der Waals surface area contributed by atoms with E-state index in [1.807, 2.05) is 11.8 Å². The van der Waals surface area contributed by atoms with E-state index in [1.165, 1.54) is 5.56 Å². The summed E-state index contributed by atoms with van der Waals surface area (Å²) in [6.07, 6.45) is 3.24. The van der Waals surface area contributed by atoms with Crippen LogP contribution in [0.5, 0.6) is 0 Å². The van der Waals surface area contributed by atoms with E-state index in [0.717, 1.165) is 31.8 Å². The van der Waals surface area contributed by atoms with Crippen LogP contribution in [-0.2, 0) is 6.54 Å². The number of rotatable bonds is 8. The molecule has 0 fully saturated rings. The van der Waals surface area contributed by atoms with E-state index >= 15 is 0 Å². The number of hydrogen-bond donors (Lipinski definition) is 1. The van der Waals surface area contributed by atoms with Gasteiger partial charge in [0, 0.05) is 19.1 Å². The maximum absolute atomic E-state index is 6.13. The monoisotopic (exact) mass is 252 g/mol. The van der Waals surface area contributed by atoms with Gasteiger partial charge in [0.2, 0.25) is 0 Å². The molecule has 0 heterocycles. The van der Waals surface area contributed by atoms with Crippen LogP contribution in [0.2, 0.25) is 0 Å². The molecule has 1 rings (SSSR count). The van der Waals surface area contributed by atoms with Gasteiger partial charge in [-0.15, -0.1) is 0 Å². The lowest BCUT2D eigenvalue weighted by Crippen LogP contribution is -2.37. The summed E-state index contributed by atoms with van der Waals surface area (Å²) in [6, 6.07) is 10.9. The van der Waals surface area contributed by atoms with Crippen molar-refractivity contribution < 1.29 is 0 Å². The lowest BCUT2D eigenvalue weighted by atomic mass is 10.2. The van der Waals surface area contributed by atoms with E-state index in [9.17, 15) is 0 Å². The smallest absolute Gasteiger partial charge is 0.0234 e. The van der Waals surface area contributed by atoms with E-state index in [2.05, 4.69) is 48.4 Å². The normalized spacial score (nSPS) is 12.9. The van der Waals surface area contributed by atoms with Crippen molar-refractivity contribution in [1.29, 1.82) is 0 Å². The molecule has 2 nitrogen and oxygen atoms in total. The third-order valence-corrected chi connectivity index (χ3v) is 3.53. The Kier molecular flexibility index (Phi) is 7.33. The summed E-state index contributed by atoms with van der Waals surface area (Å²) in [5.74, 6) is 1.16. The van der Waals surface area contributed by atoms with E-state index in [-0.39, 0.29) is 0 Å². The average molecular weight is 252 g/mol. The van der Waals surface area contributed by atoms with Crippen molar-refractivity contribution >= 4 is 11.8 Å². The van der Waals surface area contributed by atoms with Crippen LogP contribution in [0.3, 0.4) is 0 Å². The van der Waals surface area contributed by atoms with Crippen LogP contribution in [0.15, 0.2) is 30.3 Å². The second-order valence-electron chi connectivity index (χ2n) is 4.35. The minimum absolute atomic E-state index is 0.297. The lowest BCUT2D eigenvalue weighted by Gasteiger charge is -2.24. The highest BCUT2D eigenvalue weighted by Crippen LogP contribution is 2.06. The van der Waals surface area contributed by atoms with E-state index < -0.39 is 0 Å². The van der Waals surface area contributed by atoms with Crippen molar-refractivity contribution in [2.45, 2.75) is 25.9 Å². The number of hydrogen-bond acceptors (Lipinski definition) is 3. The number of likely N-dealkylation sites (N-methyl/N-ethyl adjacent to an activating group) is 1. The Morgan fingerprint density at radius 3 is 2.59 bits per heavy atom. The summed E-state index contributed by atoms with van der Waals surface area (Å²) < 4.78 is 0. The van der Waals surface area contributed by atoms with Gasteiger partial charge in [-0.3, -0.25) is 4.90 Å². The molecule has 17 heavy (non-hydrogen) atoms. The van der Waals surface area contributed by atoms with Crippen LogP contribution in [-0.4, -0.2) is 36.0 Å². The zero-order chi connectivity index (χ0) is 12.5. The van der Waals surface area contributed by atoms with Crippen molar-refractivity contribution in [2.24, 2.45) is 5.73 Å². The highest BCUT2D eigenvalue weighted by Gasteiger charge is 2.09. The van der Waals surface area contributed by atoms with Crippen molar-refractivity contribution in [3.8, 4) is 0 Å². The third-order valence-electron chi connectivity index (χ3n) is 2.88. The first-order valence-corrected chi connectivity index (χ1v) is 7.66. The molecular weight excluding hydrogens is 228 g/mol. The number of nitrogens with zero attached hydrogens (tertiary/aromatic N) is 1. The fraction of sp³-hybridized carbons (Fsp3) is 0.571. The van der Waals surface area contributed by atoms with Gasteiger partial charge in [0.05, 0.1) is 0 Å². The van der Waals surface area contributed by atoms with Gasteiger partial charge in [-0.2, -0.15) is 11.8 Å². The third kappa shape index (κ3) is 6.10. The maximum atomic E-state index is 6.13. The molecule has 0 aliphatic heterocycles. The van der Waals surface area contributed by atoms with Crippen LogP contribution < -0.4 is 5.73 Å². The van der Waals surface area contributed by atoms with Crippen LogP contribution >= 0.6 is 11.8 Å². The minimum atomic E-state index is 0.297. The summed E-state index contributed by atoms with van der Waals surface area (Å²) in [7, 11) is 0. The van der Waals surface area contributed by atoms with Crippen molar-refractivity contribution in [3.05, 3.63) is 35.9 Å². The highest BCUT2D eigenvalue weighted by atomic mass is 32.2. The predicted octanol–water partition coefficient (Wildman–Crippen LogP) is 2.59. The summed E-state index contributed by atoms with van der Waals surface area (Å²) in [5, 5.41) is 0. The maximum Gasteiger partial charge on any atom is 0.0234 e. The molecule has 0 radical (unpaired) electrons. The van der Waals surface area contributed by atoms with Crippen LogP contribution in [0.25, 0.3) is 0 Å². The lowest BCUT2D eigenvalue weighted by molar-refractivity contribution is 0.259. The van der Waals surface area contributed by atoms with Crippen molar-refractivity contribution in [2.75, 3.05) is 25.1 Å². The van der Waals surface area contributed by atoms with E-state index in [4.69, 9.17) is 5.73 Å².